The molecule has 0 spiro atoms. The SMILES string of the molecule is CC(=N)N(C)C.CC(=O)N(C)C. The Kier molecular flexibility index (Phi) is 7.48. The molecule has 4 heteroatoms. The van der Waals surface area contributed by atoms with E-state index >= 15 is 0 Å². The van der Waals surface area contributed by atoms with Crippen LogP contribution in [0.5, 0.6) is 0 Å². The van der Waals surface area contributed by atoms with Crippen molar-refractivity contribution in [2.75, 3.05) is 28.2 Å². The molecule has 0 aliphatic rings. The highest BCUT2D eigenvalue weighted by Crippen LogP contribution is 1.71. The molecule has 0 radical (unpaired) electrons. The van der Waals surface area contributed by atoms with Crippen molar-refractivity contribution in [3.63, 3.8) is 0 Å². The standard InChI is InChI=1S/C4H10N2.C4H9NO/c1-4(5)6(2)3;1-4(6)5(2)3/h5H,1-3H3;1-3H3. The van der Waals surface area contributed by atoms with Gasteiger partial charge in [0, 0.05) is 35.1 Å². The first-order chi connectivity index (χ1) is 5.29. The van der Waals surface area contributed by atoms with Crippen LogP contribution in [0.25, 0.3) is 0 Å². The van der Waals surface area contributed by atoms with Gasteiger partial charge in [-0.1, -0.05) is 0 Å². The van der Waals surface area contributed by atoms with E-state index in [0.717, 1.165) is 0 Å². The maximum Gasteiger partial charge on any atom is 0.218 e. The van der Waals surface area contributed by atoms with Crippen LogP contribution in [-0.4, -0.2) is 49.7 Å². The Bertz CT molecular complexity index is 134. The molecule has 0 bridgehead atoms. The summed E-state index contributed by atoms with van der Waals surface area (Å²) in [6, 6.07) is 0. The highest BCUT2D eigenvalue weighted by Gasteiger charge is 1.87. The molecule has 0 aromatic rings. The molecular formula is C8H19N3O. The van der Waals surface area contributed by atoms with Crippen molar-refractivity contribution >= 4 is 11.7 Å². The molecule has 12 heavy (non-hydrogen) atoms. The largest absolute Gasteiger partial charge is 0.367 e. The number of rotatable bonds is 0. The van der Waals surface area contributed by atoms with Gasteiger partial charge in [0.2, 0.25) is 5.91 Å². The van der Waals surface area contributed by atoms with Gasteiger partial charge < -0.3 is 9.80 Å². The zero-order valence-electron chi connectivity index (χ0n) is 8.80. The number of carbonyl (C=O) groups is 1. The summed E-state index contributed by atoms with van der Waals surface area (Å²) in [5.41, 5.74) is 0. The molecule has 0 rings (SSSR count). The van der Waals surface area contributed by atoms with Crippen molar-refractivity contribution in [1.82, 2.24) is 9.80 Å². The van der Waals surface area contributed by atoms with Crippen LogP contribution in [0.2, 0.25) is 0 Å². The van der Waals surface area contributed by atoms with Gasteiger partial charge in [-0.25, -0.2) is 0 Å². The topological polar surface area (TPSA) is 47.4 Å². The number of nitrogens with one attached hydrogen (secondary N) is 1. The third-order valence-electron chi connectivity index (χ3n) is 1.30. The highest BCUT2D eigenvalue weighted by atomic mass is 16.2. The molecule has 0 saturated heterocycles. The Morgan fingerprint density at radius 3 is 1.17 bits per heavy atom. The second kappa shape index (κ2) is 6.64. The molecule has 0 aromatic heterocycles. The maximum atomic E-state index is 10.1. The van der Waals surface area contributed by atoms with E-state index in [-0.39, 0.29) is 5.91 Å². The summed E-state index contributed by atoms with van der Waals surface area (Å²) in [5.74, 6) is 0.685. The molecule has 0 unspecified atom stereocenters. The van der Waals surface area contributed by atoms with Gasteiger partial charge in [0.25, 0.3) is 0 Å². The van der Waals surface area contributed by atoms with Crippen LogP contribution < -0.4 is 0 Å². The minimum absolute atomic E-state index is 0.0926. The second-order valence-electron chi connectivity index (χ2n) is 2.89. The summed E-state index contributed by atoms with van der Waals surface area (Å²) in [5, 5.41) is 6.88. The van der Waals surface area contributed by atoms with Gasteiger partial charge in [-0.2, -0.15) is 0 Å². The quantitative estimate of drug-likeness (QED) is 0.431. The average Bonchev–Trinajstić information content (AvgIpc) is 1.88. The number of carbonyl (C=O) groups excluding carboxylic acids is 1. The molecule has 1 amide bonds. The maximum absolute atomic E-state index is 10.1. The third kappa shape index (κ3) is 11.7. The Hall–Kier alpha value is -1.06. The van der Waals surface area contributed by atoms with E-state index in [0.29, 0.717) is 5.84 Å². The van der Waals surface area contributed by atoms with Crippen molar-refractivity contribution in [2.45, 2.75) is 13.8 Å². The van der Waals surface area contributed by atoms with Crippen LogP contribution in [-0.2, 0) is 4.79 Å². The number of amides is 1. The molecular weight excluding hydrogens is 154 g/mol. The first kappa shape index (κ1) is 13.5. The zero-order valence-corrected chi connectivity index (χ0v) is 8.80. The van der Waals surface area contributed by atoms with E-state index in [9.17, 15) is 4.79 Å². The minimum Gasteiger partial charge on any atom is -0.367 e. The van der Waals surface area contributed by atoms with Crippen LogP contribution in [0.3, 0.4) is 0 Å². The van der Waals surface area contributed by atoms with E-state index in [4.69, 9.17) is 5.41 Å². The monoisotopic (exact) mass is 173 g/mol. The van der Waals surface area contributed by atoms with Crippen molar-refractivity contribution in [3.8, 4) is 0 Å². The molecule has 0 heterocycles. The molecule has 0 aliphatic carbocycles. The lowest BCUT2D eigenvalue weighted by molar-refractivity contribution is -0.126. The van der Waals surface area contributed by atoms with Crippen LogP contribution >= 0.6 is 0 Å². The van der Waals surface area contributed by atoms with Crippen molar-refractivity contribution < 1.29 is 4.79 Å². The Morgan fingerprint density at radius 2 is 1.17 bits per heavy atom. The lowest BCUT2D eigenvalue weighted by Gasteiger charge is -2.06. The summed E-state index contributed by atoms with van der Waals surface area (Å²) in [4.78, 5) is 13.3. The highest BCUT2D eigenvalue weighted by molar-refractivity contribution is 5.75. The van der Waals surface area contributed by atoms with Gasteiger partial charge in [-0.3, -0.25) is 10.2 Å². The fraction of sp³-hybridized carbons (Fsp3) is 0.750. The summed E-state index contributed by atoms with van der Waals surface area (Å²) in [6.07, 6.45) is 0. The summed E-state index contributed by atoms with van der Waals surface area (Å²) < 4.78 is 0. The zero-order chi connectivity index (χ0) is 10.3. The number of hydrogen-bond acceptors (Lipinski definition) is 2. The van der Waals surface area contributed by atoms with E-state index in [1.165, 1.54) is 11.8 Å². The van der Waals surface area contributed by atoms with Crippen LogP contribution in [0.1, 0.15) is 13.8 Å². The van der Waals surface area contributed by atoms with E-state index in [1.54, 1.807) is 25.9 Å². The molecule has 0 fully saturated rings. The van der Waals surface area contributed by atoms with Crippen LogP contribution in [0.15, 0.2) is 0 Å². The summed E-state index contributed by atoms with van der Waals surface area (Å²) in [6.45, 7) is 3.28. The molecule has 1 N–H and O–H groups in total. The Labute approximate surface area is 74.7 Å². The predicted octanol–water partition coefficient (Wildman–Crippen LogP) is 0.640. The van der Waals surface area contributed by atoms with Crippen LogP contribution in [0.4, 0.5) is 0 Å². The molecule has 4 nitrogen and oxygen atoms in total. The summed E-state index contributed by atoms with van der Waals surface area (Å²) in [7, 11) is 7.15. The third-order valence-corrected chi connectivity index (χ3v) is 1.30. The smallest absolute Gasteiger partial charge is 0.218 e. The van der Waals surface area contributed by atoms with Gasteiger partial charge in [-0.15, -0.1) is 0 Å². The van der Waals surface area contributed by atoms with Crippen molar-refractivity contribution in [3.05, 3.63) is 0 Å². The van der Waals surface area contributed by atoms with Crippen molar-refractivity contribution in [2.24, 2.45) is 0 Å². The molecule has 72 valence electrons. The van der Waals surface area contributed by atoms with Gasteiger partial charge >= 0.3 is 0 Å². The number of nitrogens with zero attached hydrogens (tertiary/aromatic N) is 2. The second-order valence-corrected chi connectivity index (χ2v) is 2.89. The predicted molar refractivity (Wildman–Crippen MR) is 51.5 cm³/mol. The normalized spacial score (nSPS) is 7.83. The van der Waals surface area contributed by atoms with E-state index < -0.39 is 0 Å². The minimum atomic E-state index is 0.0926. The van der Waals surface area contributed by atoms with E-state index in [1.807, 2.05) is 14.1 Å². The first-order valence-corrected chi connectivity index (χ1v) is 3.69. The lowest BCUT2D eigenvalue weighted by Crippen LogP contribution is -2.17. The molecule has 0 saturated carbocycles. The first-order valence-electron chi connectivity index (χ1n) is 3.69. The fourth-order valence-corrected chi connectivity index (χ4v) is 0. The average molecular weight is 173 g/mol. The van der Waals surface area contributed by atoms with Gasteiger partial charge in [-0.05, 0) is 6.92 Å². The van der Waals surface area contributed by atoms with Crippen molar-refractivity contribution in [1.29, 1.82) is 5.41 Å². The van der Waals surface area contributed by atoms with E-state index in [2.05, 4.69) is 0 Å². The number of amidine groups is 1. The molecule has 0 atom stereocenters. The molecule has 0 aliphatic heterocycles. The summed E-state index contributed by atoms with van der Waals surface area (Å²) >= 11 is 0. The van der Waals surface area contributed by atoms with Gasteiger partial charge in [0.05, 0.1) is 5.84 Å². The Balaban J connectivity index is 0. The van der Waals surface area contributed by atoms with Gasteiger partial charge in [0.1, 0.15) is 0 Å². The van der Waals surface area contributed by atoms with Gasteiger partial charge in [0.15, 0.2) is 0 Å². The fourth-order valence-electron chi connectivity index (χ4n) is 0. The van der Waals surface area contributed by atoms with Crippen LogP contribution in [0, 0.1) is 5.41 Å². The lowest BCUT2D eigenvalue weighted by atomic mass is 10.6. The Morgan fingerprint density at radius 1 is 1.00 bits per heavy atom. The molecule has 0 aromatic carbocycles. The number of hydrogen-bond donors (Lipinski definition) is 1.